The molecule has 3 nitrogen and oxygen atoms in total. The lowest BCUT2D eigenvalue weighted by atomic mass is 10.1. The molecule has 0 aliphatic carbocycles. The summed E-state index contributed by atoms with van der Waals surface area (Å²) in [4.78, 5) is 4.32. The van der Waals surface area contributed by atoms with Crippen LogP contribution in [0.5, 0.6) is 11.6 Å². The van der Waals surface area contributed by atoms with Crippen LogP contribution in [-0.2, 0) is 6.42 Å². The molecular weight excluding hydrogens is 328 g/mol. The maximum atomic E-state index is 5.99. The SMILES string of the molecule is NCCc1cccnc1Oc1ccc2ccccc2c1Br. The number of hydrogen-bond donors (Lipinski definition) is 1. The van der Waals surface area contributed by atoms with Crippen LogP contribution in [0, 0.1) is 0 Å². The number of aromatic nitrogens is 1. The summed E-state index contributed by atoms with van der Waals surface area (Å²) >= 11 is 3.63. The molecule has 0 aliphatic rings. The molecule has 2 aromatic carbocycles. The van der Waals surface area contributed by atoms with Gasteiger partial charge in [-0.2, -0.15) is 0 Å². The van der Waals surface area contributed by atoms with Gasteiger partial charge in [0.05, 0.1) is 4.47 Å². The fraction of sp³-hybridized carbons (Fsp3) is 0.118. The monoisotopic (exact) mass is 342 g/mol. The highest BCUT2D eigenvalue weighted by atomic mass is 79.9. The molecule has 0 spiro atoms. The minimum atomic E-state index is 0.570. The molecule has 2 N–H and O–H groups in total. The van der Waals surface area contributed by atoms with E-state index in [4.69, 9.17) is 10.5 Å². The molecule has 1 aromatic heterocycles. The van der Waals surface area contributed by atoms with Gasteiger partial charge < -0.3 is 10.5 Å². The van der Waals surface area contributed by atoms with Gasteiger partial charge in [0.2, 0.25) is 5.88 Å². The minimum absolute atomic E-state index is 0.570. The normalized spacial score (nSPS) is 10.8. The van der Waals surface area contributed by atoms with Crippen molar-refractivity contribution in [1.82, 2.24) is 4.98 Å². The van der Waals surface area contributed by atoms with E-state index < -0.39 is 0 Å². The topological polar surface area (TPSA) is 48.1 Å². The predicted molar refractivity (Wildman–Crippen MR) is 88.7 cm³/mol. The lowest BCUT2D eigenvalue weighted by Crippen LogP contribution is -2.04. The van der Waals surface area contributed by atoms with E-state index in [0.29, 0.717) is 12.4 Å². The Bertz CT molecular complexity index is 774. The molecule has 1 heterocycles. The fourth-order valence-corrected chi connectivity index (χ4v) is 2.83. The molecule has 0 fully saturated rings. The van der Waals surface area contributed by atoms with Gasteiger partial charge in [-0.05, 0) is 51.8 Å². The summed E-state index contributed by atoms with van der Waals surface area (Å²) in [6, 6.07) is 16.0. The van der Waals surface area contributed by atoms with Crippen molar-refractivity contribution in [2.45, 2.75) is 6.42 Å². The maximum absolute atomic E-state index is 5.99. The quantitative estimate of drug-likeness (QED) is 0.769. The van der Waals surface area contributed by atoms with Crippen LogP contribution in [-0.4, -0.2) is 11.5 Å². The van der Waals surface area contributed by atoms with Gasteiger partial charge in [0.25, 0.3) is 0 Å². The zero-order valence-electron chi connectivity index (χ0n) is 11.4. The molecule has 0 saturated heterocycles. The Kier molecular flexibility index (Phi) is 4.18. The van der Waals surface area contributed by atoms with E-state index in [2.05, 4.69) is 33.0 Å². The van der Waals surface area contributed by atoms with Gasteiger partial charge in [-0.25, -0.2) is 4.98 Å². The van der Waals surface area contributed by atoms with Gasteiger partial charge in [-0.1, -0.05) is 36.4 Å². The Hall–Kier alpha value is -1.91. The first-order chi connectivity index (χ1) is 10.3. The number of halogens is 1. The summed E-state index contributed by atoms with van der Waals surface area (Å²) in [6.45, 7) is 0.570. The highest BCUT2D eigenvalue weighted by Gasteiger charge is 2.10. The summed E-state index contributed by atoms with van der Waals surface area (Å²) in [5.41, 5.74) is 6.65. The largest absolute Gasteiger partial charge is 0.438 e. The van der Waals surface area contributed by atoms with Crippen LogP contribution >= 0.6 is 15.9 Å². The third kappa shape index (κ3) is 2.91. The van der Waals surface area contributed by atoms with E-state index in [-0.39, 0.29) is 0 Å². The Morgan fingerprint density at radius 1 is 1.05 bits per heavy atom. The number of benzene rings is 2. The number of rotatable bonds is 4. The zero-order valence-corrected chi connectivity index (χ0v) is 13.0. The van der Waals surface area contributed by atoms with Crippen molar-refractivity contribution in [3.63, 3.8) is 0 Å². The van der Waals surface area contributed by atoms with E-state index >= 15 is 0 Å². The molecule has 21 heavy (non-hydrogen) atoms. The summed E-state index contributed by atoms with van der Waals surface area (Å²) in [6.07, 6.45) is 2.47. The second kappa shape index (κ2) is 6.24. The van der Waals surface area contributed by atoms with Crippen molar-refractivity contribution in [2.75, 3.05) is 6.54 Å². The van der Waals surface area contributed by atoms with Crippen molar-refractivity contribution in [3.05, 3.63) is 64.8 Å². The molecule has 0 amide bonds. The highest BCUT2D eigenvalue weighted by Crippen LogP contribution is 2.36. The van der Waals surface area contributed by atoms with E-state index in [0.717, 1.165) is 27.6 Å². The highest BCUT2D eigenvalue weighted by molar-refractivity contribution is 9.10. The van der Waals surface area contributed by atoms with Crippen LogP contribution in [0.4, 0.5) is 0 Å². The average Bonchev–Trinajstić information content (AvgIpc) is 2.52. The number of hydrogen-bond acceptors (Lipinski definition) is 3. The van der Waals surface area contributed by atoms with Crippen molar-refractivity contribution in [3.8, 4) is 11.6 Å². The molecule has 0 bridgehead atoms. The van der Waals surface area contributed by atoms with Crippen molar-refractivity contribution in [2.24, 2.45) is 5.73 Å². The number of pyridine rings is 1. The van der Waals surface area contributed by atoms with Crippen molar-refractivity contribution in [1.29, 1.82) is 0 Å². The Morgan fingerprint density at radius 3 is 2.76 bits per heavy atom. The molecule has 4 heteroatoms. The second-order valence-electron chi connectivity index (χ2n) is 4.71. The lowest BCUT2D eigenvalue weighted by molar-refractivity contribution is 0.454. The Balaban J connectivity index is 2.00. The summed E-state index contributed by atoms with van der Waals surface area (Å²) in [5.74, 6) is 1.37. The van der Waals surface area contributed by atoms with Crippen LogP contribution in [0.2, 0.25) is 0 Å². The van der Waals surface area contributed by atoms with Crippen LogP contribution in [0.15, 0.2) is 59.2 Å². The molecule has 0 atom stereocenters. The first-order valence-electron chi connectivity index (χ1n) is 6.78. The number of fused-ring (bicyclic) bond motifs is 1. The molecule has 3 aromatic rings. The Morgan fingerprint density at radius 2 is 1.90 bits per heavy atom. The standard InChI is InChI=1S/C17H15BrN2O/c18-16-14-6-2-1-4-12(14)7-8-15(16)21-17-13(9-10-19)5-3-11-20-17/h1-8,11H,9-10,19H2. The predicted octanol–water partition coefficient (Wildman–Crippen LogP) is 4.29. The van der Waals surface area contributed by atoms with Crippen molar-refractivity contribution >= 4 is 26.7 Å². The summed E-state index contributed by atoms with van der Waals surface area (Å²) in [7, 11) is 0. The van der Waals surface area contributed by atoms with Crippen LogP contribution in [0.3, 0.4) is 0 Å². The molecular formula is C17H15BrN2O. The van der Waals surface area contributed by atoms with Crippen molar-refractivity contribution < 1.29 is 4.74 Å². The molecule has 106 valence electrons. The van der Waals surface area contributed by atoms with Crippen LogP contribution in [0.25, 0.3) is 10.8 Å². The summed E-state index contributed by atoms with van der Waals surface area (Å²) in [5, 5.41) is 2.28. The fourth-order valence-electron chi connectivity index (χ4n) is 2.26. The average molecular weight is 343 g/mol. The van der Waals surface area contributed by atoms with Gasteiger partial charge in [0.1, 0.15) is 5.75 Å². The van der Waals surface area contributed by atoms with Crippen LogP contribution < -0.4 is 10.5 Å². The molecule has 0 aliphatic heterocycles. The first-order valence-corrected chi connectivity index (χ1v) is 7.58. The number of nitrogens with two attached hydrogens (primary N) is 1. The van der Waals surface area contributed by atoms with Gasteiger partial charge in [0, 0.05) is 11.8 Å². The maximum Gasteiger partial charge on any atom is 0.222 e. The summed E-state index contributed by atoms with van der Waals surface area (Å²) < 4.78 is 6.92. The molecule has 0 unspecified atom stereocenters. The zero-order chi connectivity index (χ0) is 14.7. The van der Waals surface area contributed by atoms with Crippen LogP contribution in [0.1, 0.15) is 5.56 Å². The van der Waals surface area contributed by atoms with E-state index in [1.165, 1.54) is 5.39 Å². The van der Waals surface area contributed by atoms with Gasteiger partial charge in [-0.15, -0.1) is 0 Å². The number of ether oxygens (including phenoxy) is 1. The lowest BCUT2D eigenvalue weighted by Gasteiger charge is -2.12. The third-order valence-corrected chi connectivity index (χ3v) is 4.12. The Labute approximate surface area is 131 Å². The second-order valence-corrected chi connectivity index (χ2v) is 5.50. The van der Waals surface area contributed by atoms with E-state index in [9.17, 15) is 0 Å². The third-order valence-electron chi connectivity index (χ3n) is 3.30. The first kappa shape index (κ1) is 14.0. The molecule has 3 rings (SSSR count). The molecule has 0 radical (unpaired) electrons. The van der Waals surface area contributed by atoms with Gasteiger partial charge in [0.15, 0.2) is 0 Å². The van der Waals surface area contributed by atoms with E-state index in [1.54, 1.807) is 6.20 Å². The van der Waals surface area contributed by atoms with Gasteiger partial charge >= 0.3 is 0 Å². The minimum Gasteiger partial charge on any atom is -0.438 e. The molecule has 0 saturated carbocycles. The number of nitrogens with zero attached hydrogens (tertiary/aromatic N) is 1. The van der Waals surface area contributed by atoms with Gasteiger partial charge in [-0.3, -0.25) is 0 Å². The smallest absolute Gasteiger partial charge is 0.222 e. The van der Waals surface area contributed by atoms with E-state index in [1.807, 2.05) is 36.4 Å².